The van der Waals surface area contributed by atoms with Gasteiger partial charge in [0.15, 0.2) is 13.2 Å². The van der Waals surface area contributed by atoms with Gasteiger partial charge < -0.3 is 24.3 Å². The molecule has 1 aliphatic rings. The molecule has 1 aromatic carbocycles. The molecule has 1 fully saturated rings. The number of carboxylic acids is 1. The summed E-state index contributed by atoms with van der Waals surface area (Å²) in [6, 6.07) is 3.23. The Balaban J connectivity index is 0.00000133. The molecule has 194 valence electrons. The molecule has 0 aromatic heterocycles. The monoisotopic (exact) mass is 501 g/mol. The van der Waals surface area contributed by atoms with Crippen molar-refractivity contribution in [2.24, 2.45) is 0 Å². The summed E-state index contributed by atoms with van der Waals surface area (Å²) in [5.41, 5.74) is -0.300. The van der Waals surface area contributed by atoms with Crippen molar-refractivity contribution in [1.29, 1.82) is 0 Å². The summed E-state index contributed by atoms with van der Waals surface area (Å²) in [7, 11) is 1.47. The van der Waals surface area contributed by atoms with E-state index in [1.165, 1.54) is 11.9 Å². The van der Waals surface area contributed by atoms with Crippen LogP contribution in [0.25, 0.3) is 0 Å². The SMILES string of the molecule is CC(=O)[O-].CC1CCCCN1CN(C)C(=O)c1cc(OCC(F)(F)F)ccc1OCC(F)(F)F. The van der Waals surface area contributed by atoms with E-state index in [9.17, 15) is 31.1 Å². The number of ether oxygens (including phenoxy) is 2. The zero-order valence-electron chi connectivity index (χ0n) is 19.0. The van der Waals surface area contributed by atoms with Gasteiger partial charge in [-0.25, -0.2) is 0 Å². The van der Waals surface area contributed by atoms with E-state index in [0.717, 1.165) is 50.9 Å². The Hall–Kier alpha value is -2.70. The molecule has 1 saturated heterocycles. The molecular weight excluding hydrogens is 474 g/mol. The Bertz CT molecular complexity index is 812. The fraction of sp³-hybridized carbons (Fsp3) is 0.619. The van der Waals surface area contributed by atoms with Gasteiger partial charge >= 0.3 is 12.4 Å². The molecule has 1 heterocycles. The molecule has 0 aliphatic carbocycles. The first kappa shape index (κ1) is 29.3. The van der Waals surface area contributed by atoms with Crippen LogP contribution in [0.1, 0.15) is 43.5 Å². The largest absolute Gasteiger partial charge is 0.550 e. The van der Waals surface area contributed by atoms with Crippen LogP contribution in [0.2, 0.25) is 0 Å². The van der Waals surface area contributed by atoms with Gasteiger partial charge in [-0.3, -0.25) is 9.69 Å². The zero-order chi connectivity index (χ0) is 26.1. The van der Waals surface area contributed by atoms with Gasteiger partial charge in [0.25, 0.3) is 5.91 Å². The van der Waals surface area contributed by atoms with Crippen LogP contribution < -0.4 is 14.6 Å². The molecule has 1 aliphatic heterocycles. The van der Waals surface area contributed by atoms with Crippen LogP contribution in [-0.2, 0) is 4.79 Å². The summed E-state index contributed by atoms with van der Waals surface area (Å²) in [5.74, 6) is -2.44. The molecule has 0 N–H and O–H groups in total. The van der Waals surface area contributed by atoms with Crippen LogP contribution in [0.15, 0.2) is 18.2 Å². The molecular formula is C21H27F6N2O5-. The number of aliphatic carboxylic acids is 1. The standard InChI is InChI=1S/C19H24F6N2O3.C2H4O2/c1-13-5-3-4-8-27(13)12-26(2)17(28)15-9-14(29-10-18(20,21)22)6-7-16(15)30-11-19(23,24)25;1-2(3)4/h6-7,9,13H,3-5,8,10-12H2,1-2H3;1H3,(H,3,4)/p-1. The number of nitrogens with zero attached hydrogens (tertiary/aromatic N) is 2. The maximum absolute atomic E-state index is 12.9. The average molecular weight is 501 g/mol. The lowest BCUT2D eigenvalue weighted by Gasteiger charge is -2.36. The maximum atomic E-state index is 12.9. The van der Waals surface area contributed by atoms with Crippen LogP contribution in [0, 0.1) is 0 Å². The Kier molecular flexibility index (Phi) is 10.9. The number of carbonyl (C=O) groups is 2. The molecule has 2 rings (SSSR count). The third-order valence-corrected chi connectivity index (χ3v) is 4.66. The maximum Gasteiger partial charge on any atom is 0.422 e. The lowest BCUT2D eigenvalue weighted by molar-refractivity contribution is -0.302. The van der Waals surface area contributed by atoms with Gasteiger partial charge in [0, 0.05) is 25.6 Å². The topological polar surface area (TPSA) is 82.1 Å². The Labute approximate surface area is 193 Å². The van der Waals surface area contributed by atoms with Gasteiger partial charge in [-0.15, -0.1) is 0 Å². The van der Waals surface area contributed by atoms with Crippen molar-refractivity contribution in [3.8, 4) is 11.5 Å². The van der Waals surface area contributed by atoms with Crippen molar-refractivity contribution >= 4 is 11.9 Å². The van der Waals surface area contributed by atoms with Gasteiger partial charge in [-0.1, -0.05) is 6.42 Å². The van der Waals surface area contributed by atoms with Crippen LogP contribution in [0.4, 0.5) is 26.3 Å². The normalized spacial score (nSPS) is 16.8. The highest BCUT2D eigenvalue weighted by molar-refractivity contribution is 5.97. The molecule has 1 aromatic rings. The molecule has 1 atom stereocenters. The van der Waals surface area contributed by atoms with Crippen molar-refractivity contribution in [1.82, 2.24) is 9.80 Å². The number of alkyl halides is 6. The number of carbonyl (C=O) groups excluding carboxylic acids is 2. The van der Waals surface area contributed by atoms with Crippen LogP contribution >= 0.6 is 0 Å². The van der Waals surface area contributed by atoms with E-state index in [4.69, 9.17) is 14.6 Å². The van der Waals surface area contributed by atoms with E-state index in [-0.39, 0.29) is 29.8 Å². The number of hydrogen-bond donors (Lipinski definition) is 0. The molecule has 34 heavy (non-hydrogen) atoms. The third-order valence-electron chi connectivity index (χ3n) is 4.66. The first-order chi connectivity index (χ1) is 15.6. The third kappa shape index (κ3) is 11.4. The van der Waals surface area contributed by atoms with Crippen molar-refractivity contribution < 1.29 is 50.5 Å². The van der Waals surface area contributed by atoms with Crippen LogP contribution in [0.5, 0.6) is 11.5 Å². The Morgan fingerprint density at radius 2 is 1.65 bits per heavy atom. The van der Waals surface area contributed by atoms with E-state index in [0.29, 0.717) is 0 Å². The summed E-state index contributed by atoms with van der Waals surface area (Å²) in [4.78, 5) is 25.1. The number of carboxylic acid groups (broad SMARTS) is 1. The molecule has 1 amide bonds. The summed E-state index contributed by atoms with van der Waals surface area (Å²) < 4.78 is 84.2. The molecule has 0 radical (unpaired) electrons. The van der Waals surface area contributed by atoms with E-state index >= 15 is 0 Å². The van der Waals surface area contributed by atoms with Crippen molar-refractivity contribution in [2.75, 3.05) is 33.5 Å². The highest BCUT2D eigenvalue weighted by Gasteiger charge is 2.31. The number of piperidine rings is 1. The molecule has 0 spiro atoms. The lowest BCUT2D eigenvalue weighted by atomic mass is 10.0. The minimum Gasteiger partial charge on any atom is -0.550 e. The second-order valence-electron chi connectivity index (χ2n) is 7.76. The summed E-state index contributed by atoms with van der Waals surface area (Å²) in [6.45, 7) is 0.756. The zero-order valence-corrected chi connectivity index (χ0v) is 19.0. The fourth-order valence-electron chi connectivity index (χ4n) is 3.13. The van der Waals surface area contributed by atoms with E-state index in [1.807, 2.05) is 6.92 Å². The molecule has 1 unspecified atom stereocenters. The van der Waals surface area contributed by atoms with Crippen LogP contribution in [-0.4, -0.2) is 73.5 Å². The van der Waals surface area contributed by atoms with Gasteiger partial charge in [0.1, 0.15) is 11.5 Å². The van der Waals surface area contributed by atoms with Gasteiger partial charge in [-0.05, 0) is 44.9 Å². The second kappa shape index (κ2) is 12.7. The van der Waals surface area contributed by atoms with Crippen molar-refractivity contribution in [3.05, 3.63) is 23.8 Å². The summed E-state index contributed by atoms with van der Waals surface area (Å²) in [6.07, 6.45) is -6.24. The second-order valence-corrected chi connectivity index (χ2v) is 7.76. The predicted octanol–water partition coefficient (Wildman–Crippen LogP) is 3.23. The molecule has 0 saturated carbocycles. The number of halogens is 6. The Morgan fingerprint density at radius 1 is 1.09 bits per heavy atom. The minimum atomic E-state index is -4.64. The van der Waals surface area contributed by atoms with Gasteiger partial charge in [-0.2, -0.15) is 26.3 Å². The molecule has 0 bridgehead atoms. The number of benzene rings is 1. The lowest BCUT2D eigenvalue weighted by Crippen LogP contribution is -2.45. The Morgan fingerprint density at radius 3 is 2.18 bits per heavy atom. The van der Waals surface area contributed by atoms with E-state index < -0.39 is 37.4 Å². The highest BCUT2D eigenvalue weighted by atomic mass is 19.4. The quantitative estimate of drug-likeness (QED) is 0.534. The number of likely N-dealkylation sites (tertiary alicyclic amines) is 1. The number of rotatable bonds is 7. The summed E-state index contributed by atoms with van der Waals surface area (Å²) >= 11 is 0. The fourth-order valence-corrected chi connectivity index (χ4v) is 3.13. The predicted molar refractivity (Wildman–Crippen MR) is 107 cm³/mol. The van der Waals surface area contributed by atoms with Crippen molar-refractivity contribution in [3.63, 3.8) is 0 Å². The smallest absolute Gasteiger partial charge is 0.422 e. The molecule has 13 heteroatoms. The summed E-state index contributed by atoms with van der Waals surface area (Å²) in [5, 5.41) is 8.89. The first-order valence-electron chi connectivity index (χ1n) is 10.3. The van der Waals surface area contributed by atoms with E-state index in [2.05, 4.69) is 9.64 Å². The highest BCUT2D eigenvalue weighted by Crippen LogP contribution is 2.29. The van der Waals surface area contributed by atoms with Gasteiger partial charge in [0.2, 0.25) is 0 Å². The number of hydrogen-bond acceptors (Lipinski definition) is 6. The van der Waals surface area contributed by atoms with E-state index in [1.54, 1.807) is 0 Å². The first-order valence-corrected chi connectivity index (χ1v) is 10.3. The van der Waals surface area contributed by atoms with Crippen molar-refractivity contribution in [2.45, 2.75) is 51.5 Å². The van der Waals surface area contributed by atoms with Gasteiger partial charge in [0.05, 0.1) is 12.2 Å². The minimum absolute atomic E-state index is 0.229. The average Bonchev–Trinajstić information content (AvgIpc) is 2.70. The molecule has 7 nitrogen and oxygen atoms in total. The van der Waals surface area contributed by atoms with Crippen LogP contribution in [0.3, 0.4) is 0 Å². The number of amides is 1.